The molecule has 1 aliphatic heterocycles. The molecule has 1 heterocycles. The molecule has 0 radical (unpaired) electrons. The summed E-state index contributed by atoms with van der Waals surface area (Å²) in [5.41, 5.74) is 0. The molecular weight excluding hydrogens is 212 g/mol. The largest absolute Gasteiger partial charge is 0.385 e. The van der Waals surface area contributed by atoms with E-state index in [9.17, 15) is 0 Å². The van der Waals surface area contributed by atoms with E-state index in [1.807, 2.05) is 0 Å². The van der Waals surface area contributed by atoms with Gasteiger partial charge in [-0.3, -0.25) is 0 Å². The van der Waals surface area contributed by atoms with Crippen molar-refractivity contribution in [2.45, 2.75) is 52.1 Å². The van der Waals surface area contributed by atoms with Crippen LogP contribution < -0.4 is 5.32 Å². The van der Waals surface area contributed by atoms with Gasteiger partial charge in [0, 0.05) is 25.8 Å². The molecule has 1 rings (SSSR count). The van der Waals surface area contributed by atoms with Gasteiger partial charge in [0.15, 0.2) is 0 Å². The third-order valence-electron chi connectivity index (χ3n) is 4.21. The van der Waals surface area contributed by atoms with Crippen LogP contribution in [-0.4, -0.2) is 50.3 Å². The first-order valence-electron chi connectivity index (χ1n) is 7.17. The van der Waals surface area contributed by atoms with Gasteiger partial charge in [-0.05, 0) is 51.7 Å². The van der Waals surface area contributed by atoms with Crippen molar-refractivity contribution in [3.8, 4) is 0 Å². The van der Waals surface area contributed by atoms with Crippen LogP contribution in [0.4, 0.5) is 0 Å². The predicted octanol–water partition coefficient (Wildman–Crippen LogP) is 2.12. The molecule has 3 nitrogen and oxygen atoms in total. The summed E-state index contributed by atoms with van der Waals surface area (Å²) in [5.74, 6) is 0.756. The van der Waals surface area contributed by atoms with Crippen LogP contribution in [0, 0.1) is 5.92 Å². The lowest BCUT2D eigenvalue weighted by Gasteiger charge is -2.43. The summed E-state index contributed by atoms with van der Waals surface area (Å²) in [6.07, 6.45) is 3.74. The van der Waals surface area contributed by atoms with Crippen molar-refractivity contribution in [1.82, 2.24) is 10.2 Å². The number of ether oxygens (including phenoxy) is 1. The highest BCUT2D eigenvalue weighted by atomic mass is 16.5. The van der Waals surface area contributed by atoms with Crippen molar-refractivity contribution >= 4 is 0 Å². The first kappa shape index (κ1) is 14.9. The second kappa shape index (κ2) is 8.06. The zero-order valence-corrected chi connectivity index (χ0v) is 12.0. The van der Waals surface area contributed by atoms with Crippen LogP contribution in [0.5, 0.6) is 0 Å². The molecule has 0 aromatic carbocycles. The van der Waals surface area contributed by atoms with Crippen molar-refractivity contribution in [2.24, 2.45) is 5.92 Å². The molecule has 1 saturated heterocycles. The Morgan fingerprint density at radius 2 is 2.06 bits per heavy atom. The van der Waals surface area contributed by atoms with Crippen LogP contribution in [0.2, 0.25) is 0 Å². The second-order valence-corrected chi connectivity index (χ2v) is 5.29. The molecule has 17 heavy (non-hydrogen) atoms. The van der Waals surface area contributed by atoms with Crippen LogP contribution in [0.1, 0.15) is 40.0 Å². The van der Waals surface area contributed by atoms with Crippen molar-refractivity contribution < 1.29 is 4.74 Å². The zero-order chi connectivity index (χ0) is 12.7. The Bertz CT molecular complexity index is 197. The fraction of sp³-hybridized carbons (Fsp3) is 1.00. The highest BCUT2D eigenvalue weighted by Crippen LogP contribution is 2.23. The number of nitrogens with one attached hydrogen (secondary N) is 1. The summed E-state index contributed by atoms with van der Waals surface area (Å²) in [5, 5.41) is 3.61. The molecule has 0 aliphatic carbocycles. The van der Waals surface area contributed by atoms with E-state index in [-0.39, 0.29) is 0 Å². The molecule has 0 bridgehead atoms. The molecule has 1 N–H and O–H groups in total. The van der Waals surface area contributed by atoms with E-state index in [0.717, 1.165) is 19.1 Å². The maximum absolute atomic E-state index is 5.10. The molecular formula is C14H30N2O. The lowest BCUT2D eigenvalue weighted by molar-refractivity contribution is 0.0811. The molecule has 0 spiro atoms. The number of piperidine rings is 1. The summed E-state index contributed by atoms with van der Waals surface area (Å²) in [4.78, 5) is 2.65. The Balaban J connectivity index is 2.29. The van der Waals surface area contributed by atoms with Gasteiger partial charge in [-0.25, -0.2) is 0 Å². The van der Waals surface area contributed by atoms with E-state index >= 15 is 0 Å². The standard InChI is InChI=1S/C14H30N2O/c1-5-15-14-8-10-16(13(3)12(14)2)9-6-7-11-17-4/h12-15H,5-11H2,1-4H3. The summed E-state index contributed by atoms with van der Waals surface area (Å²) in [7, 11) is 1.78. The third-order valence-corrected chi connectivity index (χ3v) is 4.21. The molecule has 102 valence electrons. The zero-order valence-electron chi connectivity index (χ0n) is 12.0. The first-order chi connectivity index (χ1) is 8.20. The lowest BCUT2D eigenvalue weighted by atomic mass is 9.87. The van der Waals surface area contributed by atoms with Gasteiger partial charge in [0.1, 0.15) is 0 Å². The van der Waals surface area contributed by atoms with Gasteiger partial charge in [-0.1, -0.05) is 13.8 Å². The maximum Gasteiger partial charge on any atom is 0.0462 e. The van der Waals surface area contributed by atoms with E-state index in [4.69, 9.17) is 4.74 Å². The number of hydrogen-bond donors (Lipinski definition) is 1. The summed E-state index contributed by atoms with van der Waals surface area (Å²) in [6.45, 7) is 11.4. The number of unbranched alkanes of at least 4 members (excludes halogenated alkanes) is 1. The number of hydrogen-bond acceptors (Lipinski definition) is 3. The Morgan fingerprint density at radius 3 is 2.71 bits per heavy atom. The summed E-state index contributed by atoms with van der Waals surface area (Å²) in [6, 6.07) is 1.42. The molecule has 3 atom stereocenters. The summed E-state index contributed by atoms with van der Waals surface area (Å²) < 4.78 is 5.10. The van der Waals surface area contributed by atoms with Crippen LogP contribution in [0.3, 0.4) is 0 Å². The highest BCUT2D eigenvalue weighted by Gasteiger charge is 2.31. The topological polar surface area (TPSA) is 24.5 Å². The van der Waals surface area contributed by atoms with Crippen molar-refractivity contribution in [2.75, 3.05) is 33.4 Å². The molecule has 1 fully saturated rings. The quantitative estimate of drug-likeness (QED) is 0.692. The molecule has 0 saturated carbocycles. The number of rotatable bonds is 7. The minimum Gasteiger partial charge on any atom is -0.385 e. The normalized spacial score (nSPS) is 30.7. The van der Waals surface area contributed by atoms with Crippen LogP contribution in [0.25, 0.3) is 0 Å². The minimum atomic E-state index is 0.704. The smallest absolute Gasteiger partial charge is 0.0462 e. The molecule has 3 unspecified atom stereocenters. The minimum absolute atomic E-state index is 0.704. The maximum atomic E-state index is 5.10. The lowest BCUT2D eigenvalue weighted by Crippen LogP contribution is -2.53. The van der Waals surface area contributed by atoms with Gasteiger partial charge in [-0.15, -0.1) is 0 Å². The average Bonchev–Trinajstić information content (AvgIpc) is 2.33. The SMILES string of the molecule is CCNC1CCN(CCCCOC)C(C)C1C. The van der Waals surface area contributed by atoms with Gasteiger partial charge in [0.25, 0.3) is 0 Å². The first-order valence-corrected chi connectivity index (χ1v) is 7.17. The van der Waals surface area contributed by atoms with Crippen LogP contribution in [0.15, 0.2) is 0 Å². The van der Waals surface area contributed by atoms with Gasteiger partial charge in [0.05, 0.1) is 0 Å². The van der Waals surface area contributed by atoms with E-state index in [0.29, 0.717) is 12.1 Å². The van der Waals surface area contributed by atoms with Gasteiger partial charge in [0.2, 0.25) is 0 Å². The van der Waals surface area contributed by atoms with Crippen molar-refractivity contribution in [1.29, 1.82) is 0 Å². The molecule has 0 aromatic rings. The van der Waals surface area contributed by atoms with E-state index in [1.54, 1.807) is 7.11 Å². The number of likely N-dealkylation sites (tertiary alicyclic amines) is 1. The van der Waals surface area contributed by atoms with E-state index in [1.165, 1.54) is 32.4 Å². The average molecular weight is 242 g/mol. The molecule has 1 aliphatic rings. The number of nitrogens with zero attached hydrogens (tertiary/aromatic N) is 1. The fourth-order valence-electron chi connectivity index (χ4n) is 2.87. The van der Waals surface area contributed by atoms with Crippen molar-refractivity contribution in [3.05, 3.63) is 0 Å². The van der Waals surface area contributed by atoms with E-state index in [2.05, 4.69) is 31.0 Å². The monoisotopic (exact) mass is 242 g/mol. The van der Waals surface area contributed by atoms with Crippen LogP contribution >= 0.6 is 0 Å². The molecule has 3 heteroatoms. The fourth-order valence-corrected chi connectivity index (χ4v) is 2.87. The summed E-state index contributed by atoms with van der Waals surface area (Å²) >= 11 is 0. The van der Waals surface area contributed by atoms with Gasteiger partial charge >= 0.3 is 0 Å². The van der Waals surface area contributed by atoms with Gasteiger partial charge in [-0.2, -0.15) is 0 Å². The predicted molar refractivity (Wildman–Crippen MR) is 73.4 cm³/mol. The second-order valence-electron chi connectivity index (χ2n) is 5.29. The molecule has 0 aromatic heterocycles. The Kier molecular flexibility index (Phi) is 7.09. The Hall–Kier alpha value is -0.120. The van der Waals surface area contributed by atoms with E-state index < -0.39 is 0 Å². The highest BCUT2D eigenvalue weighted by molar-refractivity contribution is 4.88. The molecule has 0 amide bonds. The Morgan fingerprint density at radius 1 is 1.29 bits per heavy atom. The number of methoxy groups -OCH3 is 1. The third kappa shape index (κ3) is 4.57. The Labute approximate surface area is 107 Å². The van der Waals surface area contributed by atoms with Crippen molar-refractivity contribution in [3.63, 3.8) is 0 Å². The van der Waals surface area contributed by atoms with Gasteiger partial charge < -0.3 is 15.0 Å². The van der Waals surface area contributed by atoms with Crippen LogP contribution in [-0.2, 0) is 4.74 Å².